The lowest BCUT2D eigenvalue weighted by molar-refractivity contribution is 0.403. The Labute approximate surface area is 137 Å². The first kappa shape index (κ1) is 16.8. The molecule has 0 unspecified atom stereocenters. The number of H-pyrrole nitrogens is 1. The molecule has 0 bridgehead atoms. The number of para-hydroxylation sites is 1. The van der Waals surface area contributed by atoms with Crippen LogP contribution in [0, 0.1) is 11.5 Å². The third kappa shape index (κ3) is 5.31. The number of hydrogen-bond acceptors (Lipinski definition) is 3. The van der Waals surface area contributed by atoms with Gasteiger partial charge in [-0.3, -0.25) is 10.3 Å². The third-order valence-electron chi connectivity index (χ3n) is 3.57. The van der Waals surface area contributed by atoms with E-state index in [1.165, 1.54) is 10.9 Å². The molecule has 1 aromatic heterocycles. The van der Waals surface area contributed by atoms with Gasteiger partial charge in [0.25, 0.3) is 0 Å². The molecule has 0 radical (unpaired) electrons. The minimum absolute atomic E-state index is 0.547. The molecule has 3 N–H and O–H groups in total. The van der Waals surface area contributed by atoms with Crippen molar-refractivity contribution in [1.82, 2.24) is 20.5 Å². The van der Waals surface area contributed by atoms with Crippen LogP contribution >= 0.6 is 0 Å². The van der Waals surface area contributed by atoms with E-state index in [0.717, 1.165) is 31.4 Å². The van der Waals surface area contributed by atoms with Crippen LogP contribution in [0.5, 0.6) is 0 Å². The first-order valence-corrected chi connectivity index (χ1v) is 7.84. The van der Waals surface area contributed by atoms with Gasteiger partial charge in [-0.05, 0) is 45.1 Å². The highest BCUT2D eigenvalue weighted by Gasteiger charge is 2.03. The van der Waals surface area contributed by atoms with Crippen molar-refractivity contribution in [2.24, 2.45) is 4.99 Å². The number of nitrogens with zero attached hydrogens (tertiary/aromatic N) is 3. The maximum Gasteiger partial charge on any atom is 0.204 e. The van der Waals surface area contributed by atoms with Gasteiger partial charge in [-0.15, -0.1) is 0 Å². The Kier molecular flexibility index (Phi) is 6.45. The van der Waals surface area contributed by atoms with Crippen LogP contribution in [-0.4, -0.2) is 49.6 Å². The topological polar surface area (TPSA) is 79.2 Å². The van der Waals surface area contributed by atoms with Gasteiger partial charge in [-0.25, -0.2) is 0 Å². The van der Waals surface area contributed by atoms with Gasteiger partial charge in [-0.1, -0.05) is 18.2 Å². The van der Waals surface area contributed by atoms with E-state index < -0.39 is 0 Å². The molecule has 0 saturated heterocycles. The average Bonchev–Trinajstić information content (AvgIpc) is 2.95. The summed E-state index contributed by atoms with van der Waals surface area (Å²) in [5.41, 5.74) is 2.41. The highest BCUT2D eigenvalue weighted by atomic mass is 15.2. The summed E-state index contributed by atoms with van der Waals surface area (Å²) in [5, 5.41) is 15.9. The van der Waals surface area contributed by atoms with Crippen LogP contribution in [-0.2, 0) is 6.42 Å². The number of fused-ring (bicyclic) bond motifs is 1. The molecular weight excluding hydrogens is 288 g/mol. The molecule has 1 aromatic carbocycles. The fourth-order valence-corrected chi connectivity index (χ4v) is 2.42. The second-order valence-corrected chi connectivity index (χ2v) is 5.66. The highest BCUT2D eigenvalue weighted by Crippen LogP contribution is 2.17. The van der Waals surface area contributed by atoms with Gasteiger partial charge in [0.05, 0.1) is 0 Å². The van der Waals surface area contributed by atoms with Crippen molar-refractivity contribution in [2.75, 3.05) is 33.7 Å². The Morgan fingerprint density at radius 3 is 2.96 bits per heavy atom. The van der Waals surface area contributed by atoms with E-state index in [9.17, 15) is 0 Å². The second-order valence-electron chi connectivity index (χ2n) is 5.66. The van der Waals surface area contributed by atoms with Gasteiger partial charge in [0.15, 0.2) is 6.19 Å². The van der Waals surface area contributed by atoms with Crippen LogP contribution in [0.3, 0.4) is 0 Å². The maximum atomic E-state index is 8.81. The predicted molar refractivity (Wildman–Crippen MR) is 94.2 cm³/mol. The summed E-state index contributed by atoms with van der Waals surface area (Å²) in [5.74, 6) is 0.547. The van der Waals surface area contributed by atoms with Crippen LogP contribution in [0.1, 0.15) is 12.0 Å². The summed E-state index contributed by atoms with van der Waals surface area (Å²) in [6, 6.07) is 8.25. The molecule has 1 heterocycles. The molecule has 0 aliphatic carbocycles. The summed E-state index contributed by atoms with van der Waals surface area (Å²) in [6.45, 7) is 2.41. The molecule has 6 nitrogen and oxygen atoms in total. The van der Waals surface area contributed by atoms with E-state index in [2.05, 4.69) is 37.6 Å². The molecule has 0 saturated carbocycles. The van der Waals surface area contributed by atoms with Crippen molar-refractivity contribution in [1.29, 1.82) is 5.26 Å². The average molecular weight is 312 g/mol. The van der Waals surface area contributed by atoms with Crippen LogP contribution in [0.15, 0.2) is 35.5 Å². The van der Waals surface area contributed by atoms with E-state index >= 15 is 0 Å². The number of benzene rings is 1. The quantitative estimate of drug-likeness (QED) is 0.239. The van der Waals surface area contributed by atoms with Crippen LogP contribution in [0.2, 0.25) is 0 Å². The van der Waals surface area contributed by atoms with Crippen molar-refractivity contribution in [3.05, 3.63) is 36.0 Å². The number of nitrogens with one attached hydrogen (secondary N) is 3. The predicted octanol–water partition coefficient (Wildman–Crippen LogP) is 1.68. The normalized spacial score (nSPS) is 11.7. The molecule has 23 heavy (non-hydrogen) atoms. The minimum Gasteiger partial charge on any atom is -0.361 e. The number of aromatic amines is 1. The Hall–Kier alpha value is -2.52. The molecule has 0 aliphatic heterocycles. The third-order valence-corrected chi connectivity index (χ3v) is 3.57. The second kappa shape index (κ2) is 8.81. The fraction of sp³-hybridized carbons (Fsp3) is 0.412. The molecule has 0 atom stereocenters. The minimum atomic E-state index is 0.547. The molecule has 6 heteroatoms. The van der Waals surface area contributed by atoms with Gasteiger partial charge >= 0.3 is 0 Å². The van der Waals surface area contributed by atoms with Crippen molar-refractivity contribution in [3.63, 3.8) is 0 Å². The molecule has 0 amide bonds. The summed E-state index contributed by atoms with van der Waals surface area (Å²) < 4.78 is 0. The number of hydrogen-bond donors (Lipinski definition) is 3. The van der Waals surface area contributed by atoms with E-state index in [1.807, 2.05) is 38.6 Å². The molecule has 2 rings (SSSR count). The number of guanidine groups is 1. The fourth-order valence-electron chi connectivity index (χ4n) is 2.42. The highest BCUT2D eigenvalue weighted by molar-refractivity contribution is 5.83. The number of rotatable bonds is 7. The molecule has 2 aromatic rings. The lowest BCUT2D eigenvalue weighted by Crippen LogP contribution is -2.36. The molecule has 0 aliphatic rings. The summed E-state index contributed by atoms with van der Waals surface area (Å²) in [6.07, 6.45) is 5.81. The van der Waals surface area contributed by atoms with Gasteiger partial charge < -0.3 is 15.2 Å². The molecule has 122 valence electrons. The number of nitriles is 1. The Morgan fingerprint density at radius 1 is 1.35 bits per heavy atom. The first-order chi connectivity index (χ1) is 11.2. The van der Waals surface area contributed by atoms with Crippen molar-refractivity contribution >= 4 is 16.9 Å². The molecular formula is C17H24N6. The largest absolute Gasteiger partial charge is 0.361 e. The van der Waals surface area contributed by atoms with E-state index in [0.29, 0.717) is 12.5 Å². The van der Waals surface area contributed by atoms with Gasteiger partial charge in [0.2, 0.25) is 5.96 Å². The molecule has 0 spiro atoms. The van der Waals surface area contributed by atoms with E-state index in [-0.39, 0.29) is 0 Å². The smallest absolute Gasteiger partial charge is 0.204 e. The standard InChI is InChI=1S/C17H24N6/c1-23(2)11-5-9-19-17(22-13-18)20-10-8-14-12-21-16-7-4-3-6-15(14)16/h3-4,6-7,12,21H,5,8-11H2,1-2H3,(H2,19,20,22). The number of aromatic nitrogens is 1. The van der Waals surface area contributed by atoms with Crippen LogP contribution in [0.4, 0.5) is 0 Å². The lowest BCUT2D eigenvalue weighted by atomic mass is 10.1. The van der Waals surface area contributed by atoms with Crippen molar-refractivity contribution < 1.29 is 0 Å². The Balaban J connectivity index is 1.84. The zero-order valence-corrected chi connectivity index (χ0v) is 13.8. The number of aliphatic imine (C=N–C) groups is 1. The van der Waals surface area contributed by atoms with Gasteiger partial charge in [0.1, 0.15) is 0 Å². The summed E-state index contributed by atoms with van der Waals surface area (Å²) in [4.78, 5) is 9.80. The van der Waals surface area contributed by atoms with Crippen LogP contribution < -0.4 is 10.6 Å². The monoisotopic (exact) mass is 312 g/mol. The maximum absolute atomic E-state index is 8.81. The first-order valence-electron chi connectivity index (χ1n) is 7.84. The Bertz CT molecular complexity index is 680. The van der Waals surface area contributed by atoms with Gasteiger partial charge in [0, 0.05) is 30.2 Å². The van der Waals surface area contributed by atoms with Crippen LogP contribution in [0.25, 0.3) is 10.9 Å². The molecule has 0 fully saturated rings. The SMILES string of the molecule is CN(C)CCCN=C(NC#N)NCCc1c[nH]c2ccccc12. The zero-order chi connectivity index (χ0) is 16.5. The Morgan fingerprint density at radius 2 is 2.17 bits per heavy atom. The van der Waals surface area contributed by atoms with Crippen molar-refractivity contribution in [2.45, 2.75) is 12.8 Å². The summed E-state index contributed by atoms with van der Waals surface area (Å²) in [7, 11) is 4.08. The summed E-state index contributed by atoms with van der Waals surface area (Å²) >= 11 is 0. The zero-order valence-electron chi connectivity index (χ0n) is 13.8. The van der Waals surface area contributed by atoms with Crippen molar-refractivity contribution in [3.8, 4) is 6.19 Å². The van der Waals surface area contributed by atoms with E-state index in [1.54, 1.807) is 0 Å². The lowest BCUT2D eigenvalue weighted by Gasteiger charge is -2.09. The van der Waals surface area contributed by atoms with Gasteiger partial charge in [-0.2, -0.15) is 5.26 Å². The van der Waals surface area contributed by atoms with E-state index in [4.69, 9.17) is 5.26 Å².